The van der Waals surface area contributed by atoms with E-state index < -0.39 is 5.92 Å². The van der Waals surface area contributed by atoms with Crippen molar-refractivity contribution in [2.24, 2.45) is 10.8 Å². The minimum Gasteiger partial charge on any atom is -0.504 e. The number of anilines is 1. The van der Waals surface area contributed by atoms with Crippen molar-refractivity contribution in [1.29, 1.82) is 0 Å². The average molecular weight is 540 g/mol. The van der Waals surface area contributed by atoms with E-state index in [9.17, 15) is 14.7 Å². The van der Waals surface area contributed by atoms with Crippen molar-refractivity contribution in [3.63, 3.8) is 0 Å². The Morgan fingerprint density at radius 1 is 0.865 bits per heavy atom. The first kappa shape index (κ1) is 25.9. The summed E-state index contributed by atoms with van der Waals surface area (Å²) in [5, 5.41) is 11.2. The third-order valence-electron chi connectivity index (χ3n) is 7.61. The Labute approximate surface area is 227 Å². The lowest BCUT2D eigenvalue weighted by Crippen LogP contribution is -2.44. The lowest BCUT2D eigenvalue weighted by Gasteiger charge is -2.49. The summed E-state index contributed by atoms with van der Waals surface area (Å²) in [6.45, 7) is 8.35. The van der Waals surface area contributed by atoms with Gasteiger partial charge in [0.1, 0.15) is 0 Å². The molecule has 0 saturated carbocycles. The standard InChI is InChI=1S/C30H31Cl2NO4/c1-29(2)12-20-27(23(35)14-29)26(16-10-25(37-5)22(34)11-18(16)32)28-21(13-30(3,4)15-24(28)36)33(20)19-9-7-6-8-17(19)31/h6-11,26,34H,12-15H2,1-5H3. The summed E-state index contributed by atoms with van der Waals surface area (Å²) in [4.78, 5) is 30.0. The van der Waals surface area contributed by atoms with Crippen LogP contribution in [0.1, 0.15) is 64.9 Å². The van der Waals surface area contributed by atoms with Gasteiger partial charge in [-0.15, -0.1) is 0 Å². The molecule has 1 heterocycles. The summed E-state index contributed by atoms with van der Waals surface area (Å²) in [5.41, 5.74) is 3.63. The van der Waals surface area contributed by atoms with Gasteiger partial charge in [0.2, 0.25) is 0 Å². The number of phenols is 1. The van der Waals surface area contributed by atoms with Crippen LogP contribution in [0.4, 0.5) is 5.69 Å². The van der Waals surface area contributed by atoms with E-state index in [4.69, 9.17) is 27.9 Å². The molecule has 0 fully saturated rings. The fourth-order valence-corrected chi connectivity index (χ4v) is 6.63. The Bertz CT molecular complexity index is 1350. The van der Waals surface area contributed by atoms with Crippen LogP contribution in [-0.4, -0.2) is 23.8 Å². The van der Waals surface area contributed by atoms with Crippen LogP contribution in [0.3, 0.4) is 0 Å². The van der Waals surface area contributed by atoms with Crippen LogP contribution in [0.2, 0.25) is 10.0 Å². The molecule has 2 aromatic rings. The van der Waals surface area contributed by atoms with Gasteiger partial charge in [-0.1, -0.05) is 63.0 Å². The molecular formula is C30H31Cl2NO4. The number of Topliss-reactive ketones (excluding diaryl/α,β-unsaturated/α-hetero) is 2. The van der Waals surface area contributed by atoms with E-state index in [1.807, 2.05) is 24.3 Å². The van der Waals surface area contributed by atoms with E-state index in [1.54, 1.807) is 6.07 Å². The summed E-state index contributed by atoms with van der Waals surface area (Å²) in [5.74, 6) is -0.538. The molecule has 2 aliphatic carbocycles. The van der Waals surface area contributed by atoms with Gasteiger partial charge in [-0.2, -0.15) is 0 Å². The van der Waals surface area contributed by atoms with Crippen molar-refractivity contribution >= 4 is 40.5 Å². The molecule has 0 aromatic heterocycles. The lowest BCUT2D eigenvalue weighted by molar-refractivity contribution is -0.119. The molecule has 1 aliphatic heterocycles. The van der Waals surface area contributed by atoms with Crippen LogP contribution in [0.25, 0.3) is 0 Å². The molecule has 0 bridgehead atoms. The predicted molar refractivity (Wildman–Crippen MR) is 146 cm³/mol. The number of carbonyl (C=O) groups is 2. The third-order valence-corrected chi connectivity index (χ3v) is 8.26. The van der Waals surface area contributed by atoms with Crippen molar-refractivity contribution < 1.29 is 19.4 Å². The minimum atomic E-state index is -0.655. The Morgan fingerprint density at radius 3 is 1.92 bits per heavy atom. The SMILES string of the molecule is COc1cc(C2C3=C(CC(C)(C)CC3=O)N(c3ccccc3Cl)C3=C2C(=O)CC(C)(C)C3)c(Cl)cc1O. The molecule has 5 rings (SSSR count). The first-order chi connectivity index (χ1) is 17.3. The number of hydrogen-bond donors (Lipinski definition) is 1. The first-order valence-electron chi connectivity index (χ1n) is 12.5. The Balaban J connectivity index is 1.88. The van der Waals surface area contributed by atoms with Gasteiger partial charge in [0.15, 0.2) is 23.1 Å². The highest BCUT2D eigenvalue weighted by Gasteiger charge is 2.50. The Morgan fingerprint density at radius 2 is 1.41 bits per heavy atom. The van der Waals surface area contributed by atoms with Gasteiger partial charge in [0.25, 0.3) is 0 Å². The lowest BCUT2D eigenvalue weighted by atomic mass is 9.63. The summed E-state index contributed by atoms with van der Waals surface area (Å²) >= 11 is 13.5. The fraction of sp³-hybridized carbons (Fsp3) is 0.400. The quantitative estimate of drug-likeness (QED) is 0.434. The van der Waals surface area contributed by atoms with Crippen LogP contribution < -0.4 is 9.64 Å². The number of para-hydroxylation sites is 1. The summed E-state index contributed by atoms with van der Waals surface area (Å²) in [7, 11) is 1.46. The highest BCUT2D eigenvalue weighted by Crippen LogP contribution is 2.57. The smallest absolute Gasteiger partial charge is 0.162 e. The van der Waals surface area contributed by atoms with Crippen LogP contribution in [-0.2, 0) is 9.59 Å². The number of phenolic OH excluding ortho intramolecular Hbond substituents is 1. The van der Waals surface area contributed by atoms with Gasteiger partial charge in [-0.3, -0.25) is 9.59 Å². The Kier molecular flexibility index (Phi) is 6.24. The molecule has 2 aromatic carbocycles. The molecule has 0 amide bonds. The first-order valence-corrected chi connectivity index (χ1v) is 13.2. The molecule has 0 unspecified atom stereocenters. The number of halogens is 2. The molecular weight excluding hydrogens is 509 g/mol. The van der Waals surface area contributed by atoms with Crippen molar-refractivity contribution in [3.8, 4) is 11.5 Å². The van der Waals surface area contributed by atoms with E-state index in [0.29, 0.717) is 47.4 Å². The van der Waals surface area contributed by atoms with E-state index in [0.717, 1.165) is 17.1 Å². The van der Waals surface area contributed by atoms with Crippen LogP contribution in [0, 0.1) is 10.8 Å². The number of hydrogen-bond acceptors (Lipinski definition) is 5. The van der Waals surface area contributed by atoms with E-state index in [-0.39, 0.29) is 38.9 Å². The maximum atomic E-state index is 14.0. The second kappa shape index (κ2) is 8.92. The topological polar surface area (TPSA) is 66.8 Å². The van der Waals surface area contributed by atoms with Crippen molar-refractivity contribution in [2.75, 3.05) is 12.0 Å². The predicted octanol–water partition coefficient (Wildman–Crippen LogP) is 7.60. The highest BCUT2D eigenvalue weighted by atomic mass is 35.5. The number of nitrogens with zero attached hydrogens (tertiary/aromatic N) is 1. The molecule has 194 valence electrons. The number of methoxy groups -OCH3 is 1. The zero-order valence-corrected chi connectivity index (χ0v) is 23.3. The molecule has 5 nitrogen and oxygen atoms in total. The summed E-state index contributed by atoms with van der Waals surface area (Å²) in [6, 6.07) is 10.6. The molecule has 0 atom stereocenters. The van der Waals surface area contributed by atoms with E-state index >= 15 is 0 Å². The van der Waals surface area contributed by atoms with Crippen molar-refractivity contribution in [1.82, 2.24) is 0 Å². The number of benzene rings is 2. The molecule has 0 spiro atoms. The number of ketones is 2. The molecule has 0 saturated heterocycles. The third kappa shape index (κ3) is 4.36. The molecule has 0 radical (unpaired) electrons. The van der Waals surface area contributed by atoms with Crippen LogP contribution >= 0.6 is 23.2 Å². The maximum Gasteiger partial charge on any atom is 0.162 e. The molecule has 1 N–H and O–H groups in total. The normalized spacial score (nSPS) is 21.2. The number of allylic oxidation sites excluding steroid dienone is 4. The second-order valence-corrected chi connectivity index (χ2v) is 12.7. The van der Waals surface area contributed by atoms with Gasteiger partial charge < -0.3 is 14.7 Å². The van der Waals surface area contributed by atoms with Crippen LogP contribution in [0.15, 0.2) is 58.9 Å². The van der Waals surface area contributed by atoms with Gasteiger partial charge in [0, 0.05) is 52.4 Å². The number of aromatic hydroxyl groups is 1. The molecule has 37 heavy (non-hydrogen) atoms. The van der Waals surface area contributed by atoms with Gasteiger partial charge in [-0.25, -0.2) is 0 Å². The summed E-state index contributed by atoms with van der Waals surface area (Å²) in [6.07, 6.45) is 1.98. The number of rotatable bonds is 3. The Hall–Kier alpha value is -2.76. The maximum absolute atomic E-state index is 14.0. The van der Waals surface area contributed by atoms with Gasteiger partial charge >= 0.3 is 0 Å². The average Bonchev–Trinajstić information content (AvgIpc) is 2.77. The number of carbonyl (C=O) groups excluding carboxylic acids is 2. The number of ether oxygens (including phenoxy) is 1. The van der Waals surface area contributed by atoms with Crippen LogP contribution in [0.5, 0.6) is 11.5 Å². The van der Waals surface area contributed by atoms with Gasteiger partial charge in [0.05, 0.1) is 17.8 Å². The zero-order valence-electron chi connectivity index (χ0n) is 21.7. The second-order valence-electron chi connectivity index (χ2n) is 11.9. The van der Waals surface area contributed by atoms with Gasteiger partial charge in [-0.05, 0) is 47.4 Å². The van der Waals surface area contributed by atoms with E-state index in [2.05, 4.69) is 32.6 Å². The van der Waals surface area contributed by atoms with Crippen molar-refractivity contribution in [2.45, 2.75) is 59.3 Å². The highest BCUT2D eigenvalue weighted by molar-refractivity contribution is 6.33. The minimum absolute atomic E-state index is 0.0133. The zero-order chi connectivity index (χ0) is 26.9. The van der Waals surface area contributed by atoms with Crippen molar-refractivity contribution in [3.05, 3.63) is 74.5 Å². The van der Waals surface area contributed by atoms with E-state index in [1.165, 1.54) is 13.2 Å². The largest absolute Gasteiger partial charge is 0.504 e. The molecule has 3 aliphatic rings. The molecule has 7 heteroatoms. The summed E-state index contributed by atoms with van der Waals surface area (Å²) < 4.78 is 5.39. The monoisotopic (exact) mass is 539 g/mol. The fourth-order valence-electron chi connectivity index (χ4n) is 6.14.